The number of hydrogen-bond donors (Lipinski definition) is 1. The number of anilines is 2. The summed E-state index contributed by atoms with van der Waals surface area (Å²) >= 11 is 0. The molecule has 1 saturated heterocycles. The molecule has 0 spiro atoms. The van der Waals surface area contributed by atoms with Crippen LogP contribution in [0.15, 0.2) is 48.5 Å². The molecule has 1 fully saturated rings. The van der Waals surface area contributed by atoms with Crippen molar-refractivity contribution in [2.75, 3.05) is 54.9 Å². The Morgan fingerprint density at radius 3 is 2.54 bits per heavy atom. The first-order chi connectivity index (χ1) is 17.9. The van der Waals surface area contributed by atoms with Crippen molar-refractivity contribution in [3.63, 3.8) is 0 Å². The van der Waals surface area contributed by atoms with Crippen LogP contribution in [0.4, 0.5) is 11.8 Å². The van der Waals surface area contributed by atoms with E-state index in [1.54, 1.807) is 6.92 Å². The fourth-order valence-corrected chi connectivity index (χ4v) is 6.00. The average Bonchev–Trinajstić information content (AvgIpc) is 2.92. The Balaban J connectivity index is 1.27. The van der Waals surface area contributed by atoms with Gasteiger partial charge in [-0.25, -0.2) is 13.4 Å². The van der Waals surface area contributed by atoms with Gasteiger partial charge in [-0.1, -0.05) is 37.3 Å². The number of ether oxygens (including phenoxy) is 1. The van der Waals surface area contributed by atoms with Crippen LogP contribution in [0.25, 0.3) is 11.3 Å². The van der Waals surface area contributed by atoms with E-state index in [1.807, 2.05) is 24.3 Å². The summed E-state index contributed by atoms with van der Waals surface area (Å²) in [6.07, 6.45) is 2.44. The van der Waals surface area contributed by atoms with Gasteiger partial charge in [0, 0.05) is 43.1 Å². The molecule has 2 aromatic carbocycles. The number of rotatable bonds is 9. The van der Waals surface area contributed by atoms with Gasteiger partial charge < -0.3 is 15.4 Å². The topological polar surface area (TPSA) is 102 Å². The number of fused-ring (bicyclic) bond motifs is 3. The lowest BCUT2D eigenvalue weighted by Gasteiger charge is -2.37. The molecular weight excluding hydrogens is 486 g/mol. The second-order valence-corrected chi connectivity index (χ2v) is 12.2. The van der Waals surface area contributed by atoms with E-state index in [-0.39, 0.29) is 11.5 Å². The highest BCUT2D eigenvalue weighted by Crippen LogP contribution is 2.38. The van der Waals surface area contributed by atoms with Crippen LogP contribution in [0.5, 0.6) is 5.75 Å². The first kappa shape index (κ1) is 25.5. The molecule has 196 valence electrons. The Hall–Kier alpha value is -3.17. The summed E-state index contributed by atoms with van der Waals surface area (Å²) in [7, 11) is -2.91. The summed E-state index contributed by atoms with van der Waals surface area (Å²) in [6, 6.07) is 16.4. The van der Waals surface area contributed by atoms with Crippen LogP contribution >= 0.6 is 0 Å². The second-order valence-electron chi connectivity index (χ2n) is 9.74. The molecule has 37 heavy (non-hydrogen) atoms. The van der Waals surface area contributed by atoms with Crippen molar-refractivity contribution in [1.29, 1.82) is 0 Å². The van der Waals surface area contributed by atoms with Crippen molar-refractivity contribution in [2.45, 2.75) is 32.8 Å². The third kappa shape index (κ3) is 6.05. The normalized spacial score (nSPS) is 15.8. The first-order valence-corrected chi connectivity index (χ1v) is 14.9. The quantitative estimate of drug-likeness (QED) is 0.458. The van der Waals surface area contributed by atoms with E-state index in [0.29, 0.717) is 19.0 Å². The Morgan fingerprint density at radius 2 is 1.78 bits per heavy atom. The van der Waals surface area contributed by atoms with Crippen LogP contribution < -0.4 is 15.4 Å². The predicted molar refractivity (Wildman–Crippen MR) is 148 cm³/mol. The van der Waals surface area contributed by atoms with Crippen molar-refractivity contribution in [3.8, 4) is 17.0 Å². The molecule has 2 heterocycles. The van der Waals surface area contributed by atoms with E-state index in [9.17, 15) is 8.42 Å². The zero-order chi connectivity index (χ0) is 25.8. The van der Waals surface area contributed by atoms with Gasteiger partial charge in [0.05, 0.1) is 11.4 Å². The number of piperazine rings is 1. The Labute approximate surface area is 219 Å². The zero-order valence-electron chi connectivity index (χ0n) is 21.4. The molecule has 3 aromatic rings. The Bertz CT molecular complexity index is 1340. The molecule has 0 amide bonds. The summed E-state index contributed by atoms with van der Waals surface area (Å²) in [5.41, 5.74) is 11.7. The van der Waals surface area contributed by atoms with Gasteiger partial charge in [0.1, 0.15) is 28.0 Å². The number of sulfone groups is 1. The number of aromatic nitrogens is 2. The summed E-state index contributed by atoms with van der Waals surface area (Å²) < 4.78 is 29.6. The number of hydrogen-bond acceptors (Lipinski definition) is 8. The lowest BCUT2D eigenvalue weighted by Crippen LogP contribution is -2.47. The summed E-state index contributed by atoms with van der Waals surface area (Å²) in [4.78, 5) is 14.0. The maximum atomic E-state index is 11.8. The van der Waals surface area contributed by atoms with E-state index in [2.05, 4.69) is 44.0 Å². The van der Waals surface area contributed by atoms with Crippen LogP contribution in [0.2, 0.25) is 0 Å². The van der Waals surface area contributed by atoms with E-state index in [4.69, 9.17) is 10.5 Å². The smallest absolute Gasteiger partial charge is 0.222 e. The SMILES string of the molecule is CCS(=O)(=O)CCCN1CCN(c2nc(N)nc3c2CCc2cc(OCc4ccccc4)ccc2-3)CC1. The maximum absolute atomic E-state index is 11.8. The minimum atomic E-state index is -2.91. The molecule has 0 saturated carbocycles. The molecule has 1 aliphatic heterocycles. The van der Waals surface area contributed by atoms with Gasteiger partial charge in [0.2, 0.25) is 5.95 Å². The fraction of sp³-hybridized carbons (Fsp3) is 0.429. The molecular formula is C28H35N5O3S. The van der Waals surface area contributed by atoms with Crippen LogP contribution in [-0.4, -0.2) is 67.5 Å². The Kier molecular flexibility index (Phi) is 7.62. The van der Waals surface area contributed by atoms with E-state index < -0.39 is 9.84 Å². The van der Waals surface area contributed by atoms with Gasteiger partial charge >= 0.3 is 0 Å². The van der Waals surface area contributed by atoms with Crippen LogP contribution in [0.3, 0.4) is 0 Å². The molecule has 2 aliphatic rings. The van der Waals surface area contributed by atoms with Gasteiger partial charge in [-0.05, 0) is 55.1 Å². The molecule has 2 N–H and O–H groups in total. The van der Waals surface area contributed by atoms with Gasteiger partial charge in [-0.2, -0.15) is 4.98 Å². The minimum Gasteiger partial charge on any atom is -0.489 e. The van der Waals surface area contributed by atoms with Crippen LogP contribution in [0.1, 0.15) is 30.0 Å². The summed E-state index contributed by atoms with van der Waals surface area (Å²) in [5, 5.41) is 0. The molecule has 0 atom stereocenters. The van der Waals surface area contributed by atoms with Gasteiger partial charge in [0.25, 0.3) is 0 Å². The molecule has 9 heteroatoms. The number of benzene rings is 2. The Morgan fingerprint density at radius 1 is 1.00 bits per heavy atom. The molecule has 8 nitrogen and oxygen atoms in total. The van der Waals surface area contributed by atoms with Crippen LogP contribution in [-0.2, 0) is 29.3 Å². The van der Waals surface area contributed by atoms with Crippen molar-refractivity contribution < 1.29 is 13.2 Å². The molecule has 5 rings (SSSR count). The van der Waals surface area contributed by atoms with E-state index in [0.717, 1.165) is 79.5 Å². The fourth-order valence-electron chi connectivity index (χ4n) is 5.14. The third-order valence-corrected chi connectivity index (χ3v) is 9.06. The number of nitrogens with zero attached hydrogens (tertiary/aromatic N) is 4. The highest BCUT2D eigenvalue weighted by molar-refractivity contribution is 7.91. The maximum Gasteiger partial charge on any atom is 0.222 e. The molecule has 0 bridgehead atoms. The largest absolute Gasteiger partial charge is 0.489 e. The predicted octanol–water partition coefficient (Wildman–Crippen LogP) is 3.35. The highest BCUT2D eigenvalue weighted by Gasteiger charge is 2.27. The van der Waals surface area contributed by atoms with Crippen LogP contribution in [0, 0.1) is 0 Å². The zero-order valence-corrected chi connectivity index (χ0v) is 22.2. The van der Waals surface area contributed by atoms with E-state index >= 15 is 0 Å². The molecule has 1 aliphatic carbocycles. The van der Waals surface area contributed by atoms with Crippen molar-refractivity contribution in [1.82, 2.24) is 14.9 Å². The number of nitrogens with two attached hydrogens (primary N) is 1. The van der Waals surface area contributed by atoms with Gasteiger partial charge in [0.15, 0.2) is 0 Å². The highest BCUT2D eigenvalue weighted by atomic mass is 32.2. The van der Waals surface area contributed by atoms with Crippen molar-refractivity contribution >= 4 is 21.6 Å². The first-order valence-electron chi connectivity index (χ1n) is 13.1. The lowest BCUT2D eigenvalue weighted by atomic mass is 9.88. The lowest BCUT2D eigenvalue weighted by molar-refractivity contribution is 0.258. The summed E-state index contributed by atoms with van der Waals surface area (Å²) in [5.74, 6) is 2.56. The summed E-state index contributed by atoms with van der Waals surface area (Å²) in [6.45, 7) is 6.48. The third-order valence-electron chi connectivity index (χ3n) is 7.27. The monoisotopic (exact) mass is 521 g/mol. The van der Waals surface area contributed by atoms with Gasteiger partial charge in [-0.15, -0.1) is 0 Å². The molecule has 0 radical (unpaired) electrons. The average molecular weight is 522 g/mol. The molecule has 0 unspecified atom stereocenters. The minimum absolute atomic E-state index is 0.214. The second kappa shape index (κ2) is 11.1. The van der Waals surface area contributed by atoms with Gasteiger partial charge in [-0.3, -0.25) is 4.90 Å². The number of aryl methyl sites for hydroxylation is 1. The van der Waals surface area contributed by atoms with Crippen molar-refractivity contribution in [3.05, 3.63) is 65.2 Å². The molecule has 1 aromatic heterocycles. The standard InChI is InChI=1S/C28H35N5O3S/c1-2-37(34,35)18-6-13-32-14-16-33(17-15-32)27-25-11-9-22-19-23(36-20-21-7-4-3-5-8-21)10-12-24(22)26(25)30-28(29)31-27/h3-5,7-8,10,12,19H,2,6,9,11,13-18,20H2,1H3,(H2,29,30,31). The number of nitrogen functional groups attached to an aromatic ring is 1. The van der Waals surface area contributed by atoms with E-state index in [1.165, 1.54) is 5.56 Å². The van der Waals surface area contributed by atoms with Crippen molar-refractivity contribution in [2.24, 2.45) is 0 Å².